The number of benzene rings is 1. The lowest BCUT2D eigenvalue weighted by Gasteiger charge is -2.06. The lowest BCUT2D eigenvalue weighted by atomic mass is 10.1. The second-order valence-corrected chi connectivity index (χ2v) is 5.11. The molecule has 0 heterocycles. The summed E-state index contributed by atoms with van der Waals surface area (Å²) in [7, 11) is 0. The number of hydrogen-bond donors (Lipinski definition) is 1. The minimum absolute atomic E-state index is 0.134. The number of nitro groups is 2. The standard InChI is InChI=1S/C13H18N4O4/c1-9(2)4-5-10(3)14-15-12-7-6-11(16(18)19)8-13(12)17(20)21/h6-9,15H,4-5H2,1-3H3/b14-10+. The summed E-state index contributed by atoms with van der Waals surface area (Å²) >= 11 is 0. The van der Waals surface area contributed by atoms with Gasteiger partial charge in [-0.2, -0.15) is 5.10 Å². The molecule has 0 aromatic heterocycles. The summed E-state index contributed by atoms with van der Waals surface area (Å²) in [4.78, 5) is 20.2. The zero-order chi connectivity index (χ0) is 16.0. The summed E-state index contributed by atoms with van der Waals surface area (Å²) in [6.07, 6.45) is 1.75. The summed E-state index contributed by atoms with van der Waals surface area (Å²) in [5.74, 6) is 0.545. The van der Waals surface area contributed by atoms with Crippen molar-refractivity contribution in [1.82, 2.24) is 0 Å². The molecule has 114 valence electrons. The molecule has 1 rings (SSSR count). The molecule has 8 nitrogen and oxygen atoms in total. The third-order valence-electron chi connectivity index (χ3n) is 2.84. The van der Waals surface area contributed by atoms with Gasteiger partial charge in [0, 0.05) is 11.8 Å². The molecular weight excluding hydrogens is 276 g/mol. The third-order valence-corrected chi connectivity index (χ3v) is 2.84. The van der Waals surface area contributed by atoms with E-state index < -0.39 is 9.85 Å². The van der Waals surface area contributed by atoms with Gasteiger partial charge < -0.3 is 0 Å². The number of nitrogens with one attached hydrogen (secondary N) is 1. The van der Waals surface area contributed by atoms with E-state index in [4.69, 9.17) is 0 Å². The van der Waals surface area contributed by atoms with Crippen molar-refractivity contribution in [2.45, 2.75) is 33.6 Å². The van der Waals surface area contributed by atoms with Crippen molar-refractivity contribution in [1.29, 1.82) is 0 Å². The van der Waals surface area contributed by atoms with Gasteiger partial charge in [-0.25, -0.2) is 0 Å². The highest BCUT2D eigenvalue weighted by Gasteiger charge is 2.19. The molecule has 0 bridgehead atoms. The number of hydrogen-bond acceptors (Lipinski definition) is 6. The topological polar surface area (TPSA) is 111 Å². The summed E-state index contributed by atoms with van der Waals surface area (Å²) in [5.41, 5.74) is 2.86. The molecule has 0 saturated carbocycles. The molecule has 1 aromatic carbocycles. The average Bonchev–Trinajstić information content (AvgIpc) is 2.42. The molecule has 0 radical (unpaired) electrons. The van der Waals surface area contributed by atoms with Gasteiger partial charge in [-0.3, -0.25) is 25.7 Å². The van der Waals surface area contributed by atoms with E-state index >= 15 is 0 Å². The van der Waals surface area contributed by atoms with E-state index in [-0.39, 0.29) is 17.1 Å². The van der Waals surface area contributed by atoms with Crippen LogP contribution in [0, 0.1) is 26.1 Å². The summed E-state index contributed by atoms with van der Waals surface area (Å²) < 4.78 is 0. The highest BCUT2D eigenvalue weighted by molar-refractivity contribution is 5.83. The molecule has 0 saturated heterocycles. The first kappa shape index (κ1) is 16.5. The van der Waals surface area contributed by atoms with Crippen LogP contribution in [0.25, 0.3) is 0 Å². The maximum Gasteiger partial charge on any atom is 0.301 e. The van der Waals surface area contributed by atoms with Crippen molar-refractivity contribution in [2.24, 2.45) is 11.0 Å². The number of non-ortho nitro benzene ring substituents is 1. The van der Waals surface area contributed by atoms with Crippen molar-refractivity contribution >= 4 is 22.8 Å². The van der Waals surface area contributed by atoms with Gasteiger partial charge in [-0.15, -0.1) is 0 Å². The van der Waals surface area contributed by atoms with Crippen LogP contribution < -0.4 is 5.43 Å². The van der Waals surface area contributed by atoms with Crippen LogP contribution in [0.2, 0.25) is 0 Å². The van der Waals surface area contributed by atoms with Gasteiger partial charge in [-0.05, 0) is 31.7 Å². The van der Waals surface area contributed by atoms with Crippen molar-refractivity contribution < 1.29 is 9.85 Å². The van der Waals surface area contributed by atoms with Gasteiger partial charge in [-0.1, -0.05) is 13.8 Å². The molecule has 1 aromatic rings. The fraction of sp³-hybridized carbons (Fsp3) is 0.462. The summed E-state index contributed by atoms with van der Waals surface area (Å²) in [6.45, 7) is 6.02. The molecule has 0 aliphatic carbocycles. The molecule has 0 unspecified atom stereocenters. The molecule has 8 heteroatoms. The van der Waals surface area contributed by atoms with Crippen LogP contribution in [0.4, 0.5) is 17.1 Å². The summed E-state index contributed by atoms with van der Waals surface area (Å²) in [5, 5.41) is 25.7. The number of anilines is 1. The van der Waals surface area contributed by atoms with Crippen molar-refractivity contribution in [3.8, 4) is 0 Å². The first-order chi connectivity index (χ1) is 9.81. The van der Waals surface area contributed by atoms with Gasteiger partial charge in [0.15, 0.2) is 0 Å². The zero-order valence-corrected chi connectivity index (χ0v) is 12.2. The van der Waals surface area contributed by atoms with Crippen molar-refractivity contribution in [3.63, 3.8) is 0 Å². The Balaban J connectivity index is 2.90. The molecule has 0 amide bonds. The van der Waals surface area contributed by atoms with Crippen LogP contribution >= 0.6 is 0 Å². The molecule has 0 atom stereocenters. The largest absolute Gasteiger partial charge is 0.301 e. The van der Waals surface area contributed by atoms with Gasteiger partial charge in [0.2, 0.25) is 0 Å². The Bertz CT molecular complexity index is 569. The molecule has 0 aliphatic rings. The fourth-order valence-electron chi connectivity index (χ4n) is 1.59. The molecule has 0 spiro atoms. The predicted molar refractivity (Wildman–Crippen MR) is 80.6 cm³/mol. The van der Waals surface area contributed by atoms with Crippen molar-refractivity contribution in [2.75, 3.05) is 5.43 Å². The van der Waals surface area contributed by atoms with E-state index in [0.29, 0.717) is 5.92 Å². The second-order valence-electron chi connectivity index (χ2n) is 5.11. The zero-order valence-electron chi connectivity index (χ0n) is 12.2. The third kappa shape index (κ3) is 5.17. The Kier molecular flexibility index (Phi) is 5.77. The van der Waals surface area contributed by atoms with Crippen LogP contribution in [0.5, 0.6) is 0 Å². The SMILES string of the molecule is C/C(CCC(C)C)=N\Nc1ccc([N+](=O)[O-])cc1[N+](=O)[O-]. The Hall–Kier alpha value is -2.51. The predicted octanol–water partition coefficient (Wildman–Crippen LogP) is 3.73. The van der Waals surface area contributed by atoms with Crippen LogP contribution in [0.1, 0.15) is 33.6 Å². The first-order valence-electron chi connectivity index (χ1n) is 6.53. The smallest absolute Gasteiger partial charge is 0.272 e. The highest BCUT2D eigenvalue weighted by atomic mass is 16.6. The minimum atomic E-state index is -0.673. The summed E-state index contributed by atoms with van der Waals surface area (Å²) in [6, 6.07) is 3.41. The quantitative estimate of drug-likeness (QED) is 0.468. The van der Waals surface area contributed by atoms with E-state index in [1.807, 2.05) is 6.92 Å². The van der Waals surface area contributed by atoms with Crippen LogP contribution in [-0.2, 0) is 0 Å². The maximum atomic E-state index is 11.0. The number of rotatable bonds is 7. The molecule has 1 N–H and O–H groups in total. The molecule has 21 heavy (non-hydrogen) atoms. The number of nitrogens with zero attached hydrogens (tertiary/aromatic N) is 3. The lowest BCUT2D eigenvalue weighted by molar-refractivity contribution is -0.393. The second kappa shape index (κ2) is 7.32. The van der Waals surface area contributed by atoms with Crippen LogP contribution in [0.15, 0.2) is 23.3 Å². The van der Waals surface area contributed by atoms with Gasteiger partial charge in [0.1, 0.15) is 5.69 Å². The normalized spacial score (nSPS) is 11.5. The minimum Gasteiger partial charge on any atom is -0.272 e. The lowest BCUT2D eigenvalue weighted by Crippen LogP contribution is -2.02. The van der Waals surface area contributed by atoms with Gasteiger partial charge in [0.25, 0.3) is 5.69 Å². The molecular formula is C13H18N4O4. The van der Waals surface area contributed by atoms with Crippen LogP contribution in [-0.4, -0.2) is 15.6 Å². The highest BCUT2D eigenvalue weighted by Crippen LogP contribution is 2.28. The number of nitro benzene ring substituents is 2. The van der Waals surface area contributed by atoms with Crippen LogP contribution in [0.3, 0.4) is 0 Å². The van der Waals surface area contributed by atoms with E-state index in [0.717, 1.165) is 24.6 Å². The monoisotopic (exact) mass is 294 g/mol. The van der Waals surface area contributed by atoms with E-state index in [9.17, 15) is 20.2 Å². The molecule has 0 fully saturated rings. The Morgan fingerprint density at radius 3 is 2.48 bits per heavy atom. The Morgan fingerprint density at radius 2 is 1.95 bits per heavy atom. The maximum absolute atomic E-state index is 11.0. The Labute approximate surface area is 122 Å². The van der Waals surface area contributed by atoms with Gasteiger partial charge >= 0.3 is 5.69 Å². The number of hydrazone groups is 1. The molecule has 0 aliphatic heterocycles. The van der Waals surface area contributed by atoms with Gasteiger partial charge in [0.05, 0.1) is 15.9 Å². The van der Waals surface area contributed by atoms with E-state index in [1.54, 1.807) is 0 Å². The van der Waals surface area contributed by atoms with E-state index in [2.05, 4.69) is 24.4 Å². The van der Waals surface area contributed by atoms with Crippen molar-refractivity contribution in [3.05, 3.63) is 38.4 Å². The average molecular weight is 294 g/mol. The fourth-order valence-corrected chi connectivity index (χ4v) is 1.59. The first-order valence-corrected chi connectivity index (χ1v) is 6.53. The Morgan fingerprint density at radius 1 is 1.29 bits per heavy atom. The van der Waals surface area contributed by atoms with E-state index in [1.165, 1.54) is 12.1 Å².